The van der Waals surface area contributed by atoms with Crippen molar-refractivity contribution in [2.45, 2.75) is 6.92 Å². The number of carbonyl (C=O) groups is 2. The lowest BCUT2D eigenvalue weighted by Gasteiger charge is -2.28. The molecule has 0 fully saturated rings. The van der Waals surface area contributed by atoms with E-state index in [4.69, 9.17) is 16.3 Å². The van der Waals surface area contributed by atoms with E-state index in [0.29, 0.717) is 33.7 Å². The standard InChI is InChI=1S/C22H18ClN3O3S/c1-3-10-26-17-11-14(8-9-18(17)29-12-19(26)27)20-13(2)30-22(24-20)25-21(28)15-6-4-5-7-16(15)23/h3-9,11H,1,10,12H2,2H3,(H,24,25,28). The summed E-state index contributed by atoms with van der Waals surface area (Å²) in [5.74, 6) is 0.199. The minimum absolute atomic E-state index is 0.00808. The van der Waals surface area contributed by atoms with Crippen LogP contribution in [0.3, 0.4) is 0 Å². The van der Waals surface area contributed by atoms with Gasteiger partial charge in [-0.1, -0.05) is 29.8 Å². The average molecular weight is 440 g/mol. The molecule has 0 radical (unpaired) electrons. The first-order chi connectivity index (χ1) is 14.5. The summed E-state index contributed by atoms with van der Waals surface area (Å²) in [6, 6.07) is 12.4. The van der Waals surface area contributed by atoms with E-state index in [1.165, 1.54) is 11.3 Å². The monoisotopic (exact) mass is 439 g/mol. The van der Waals surface area contributed by atoms with Crippen LogP contribution in [0.15, 0.2) is 55.1 Å². The number of rotatable bonds is 5. The number of anilines is 2. The van der Waals surface area contributed by atoms with Crippen LogP contribution in [0.1, 0.15) is 15.2 Å². The van der Waals surface area contributed by atoms with Gasteiger partial charge in [0.05, 0.1) is 22.0 Å². The largest absolute Gasteiger partial charge is 0.482 e. The molecule has 0 aliphatic carbocycles. The molecule has 0 spiro atoms. The molecule has 1 aliphatic heterocycles. The van der Waals surface area contributed by atoms with Crippen molar-refractivity contribution >= 4 is 45.6 Å². The molecule has 3 aromatic rings. The van der Waals surface area contributed by atoms with Crippen LogP contribution in [-0.2, 0) is 4.79 Å². The molecule has 6 nitrogen and oxygen atoms in total. The second-order valence-corrected chi connectivity index (χ2v) is 8.23. The first-order valence-corrected chi connectivity index (χ1v) is 10.4. The van der Waals surface area contributed by atoms with E-state index in [0.717, 1.165) is 16.1 Å². The second kappa shape index (κ2) is 8.30. The van der Waals surface area contributed by atoms with Crippen LogP contribution in [-0.4, -0.2) is 29.9 Å². The lowest BCUT2D eigenvalue weighted by atomic mass is 10.1. The fourth-order valence-electron chi connectivity index (χ4n) is 3.21. The molecular formula is C22H18ClN3O3S. The Labute approximate surface area is 182 Å². The van der Waals surface area contributed by atoms with Crippen molar-refractivity contribution in [3.05, 3.63) is 70.6 Å². The molecule has 2 heterocycles. The zero-order valence-electron chi connectivity index (χ0n) is 16.1. The fourth-order valence-corrected chi connectivity index (χ4v) is 4.26. The van der Waals surface area contributed by atoms with Crippen LogP contribution in [0, 0.1) is 6.92 Å². The number of aryl methyl sites for hydroxylation is 1. The van der Waals surface area contributed by atoms with Gasteiger partial charge < -0.3 is 9.64 Å². The molecule has 0 saturated carbocycles. The molecule has 30 heavy (non-hydrogen) atoms. The number of halogens is 1. The summed E-state index contributed by atoms with van der Waals surface area (Å²) < 4.78 is 5.54. The van der Waals surface area contributed by atoms with Gasteiger partial charge >= 0.3 is 0 Å². The molecule has 0 bridgehead atoms. The van der Waals surface area contributed by atoms with E-state index in [1.54, 1.807) is 35.2 Å². The second-order valence-electron chi connectivity index (χ2n) is 6.62. The number of aromatic nitrogens is 1. The Hall–Kier alpha value is -3.16. The van der Waals surface area contributed by atoms with Crippen LogP contribution >= 0.6 is 22.9 Å². The number of hydrogen-bond acceptors (Lipinski definition) is 5. The van der Waals surface area contributed by atoms with Gasteiger partial charge in [-0.05, 0) is 37.3 Å². The maximum absolute atomic E-state index is 12.5. The Morgan fingerprint density at radius 2 is 2.17 bits per heavy atom. The van der Waals surface area contributed by atoms with Gasteiger partial charge in [0, 0.05) is 17.0 Å². The van der Waals surface area contributed by atoms with Gasteiger partial charge in [0.1, 0.15) is 5.75 Å². The highest BCUT2D eigenvalue weighted by atomic mass is 35.5. The number of ether oxygens (including phenoxy) is 1. The van der Waals surface area contributed by atoms with Crippen molar-refractivity contribution in [2.75, 3.05) is 23.4 Å². The zero-order chi connectivity index (χ0) is 21.3. The third kappa shape index (κ3) is 3.81. The topological polar surface area (TPSA) is 71.5 Å². The Morgan fingerprint density at radius 3 is 2.93 bits per heavy atom. The molecule has 0 atom stereocenters. The van der Waals surface area contributed by atoms with Gasteiger partial charge in [0.2, 0.25) is 0 Å². The molecule has 2 amide bonds. The predicted molar refractivity (Wildman–Crippen MR) is 120 cm³/mol. The molecular weight excluding hydrogens is 422 g/mol. The van der Waals surface area contributed by atoms with Gasteiger partial charge in [-0.15, -0.1) is 17.9 Å². The third-order valence-corrected chi connectivity index (χ3v) is 5.84. The molecule has 1 aliphatic rings. The Balaban J connectivity index is 1.64. The van der Waals surface area contributed by atoms with E-state index in [9.17, 15) is 9.59 Å². The summed E-state index contributed by atoms with van der Waals surface area (Å²) in [6.45, 7) is 6.06. The number of hydrogen-bond donors (Lipinski definition) is 1. The Morgan fingerprint density at radius 1 is 1.37 bits per heavy atom. The summed E-state index contributed by atoms with van der Waals surface area (Å²) in [4.78, 5) is 31.9. The number of fused-ring (bicyclic) bond motifs is 1. The third-order valence-electron chi connectivity index (χ3n) is 4.62. The Kier molecular flexibility index (Phi) is 5.57. The lowest BCUT2D eigenvalue weighted by Crippen LogP contribution is -2.38. The van der Waals surface area contributed by atoms with Gasteiger partial charge in [0.15, 0.2) is 11.7 Å². The molecule has 1 N–H and O–H groups in total. The summed E-state index contributed by atoms with van der Waals surface area (Å²) >= 11 is 7.48. The molecule has 2 aromatic carbocycles. The quantitative estimate of drug-likeness (QED) is 0.572. The smallest absolute Gasteiger partial charge is 0.265 e. The normalized spacial score (nSPS) is 12.9. The van der Waals surface area contributed by atoms with Crippen molar-refractivity contribution < 1.29 is 14.3 Å². The summed E-state index contributed by atoms with van der Waals surface area (Å²) in [5, 5.41) is 3.66. The van der Waals surface area contributed by atoms with Crippen LogP contribution in [0.4, 0.5) is 10.8 Å². The van der Waals surface area contributed by atoms with Gasteiger partial charge in [-0.25, -0.2) is 4.98 Å². The van der Waals surface area contributed by atoms with Crippen molar-refractivity contribution in [1.82, 2.24) is 4.98 Å². The van der Waals surface area contributed by atoms with Crippen LogP contribution < -0.4 is 15.0 Å². The maximum atomic E-state index is 12.5. The van der Waals surface area contributed by atoms with E-state index >= 15 is 0 Å². The van der Waals surface area contributed by atoms with Crippen molar-refractivity contribution in [2.24, 2.45) is 0 Å². The number of benzene rings is 2. The van der Waals surface area contributed by atoms with E-state index < -0.39 is 0 Å². The number of amides is 2. The molecule has 0 unspecified atom stereocenters. The van der Waals surface area contributed by atoms with Crippen molar-refractivity contribution in [1.29, 1.82) is 0 Å². The lowest BCUT2D eigenvalue weighted by molar-refractivity contribution is -0.121. The first-order valence-electron chi connectivity index (χ1n) is 9.19. The molecule has 152 valence electrons. The average Bonchev–Trinajstić information content (AvgIpc) is 3.10. The number of thiazole rings is 1. The number of nitrogens with one attached hydrogen (secondary N) is 1. The highest BCUT2D eigenvalue weighted by Gasteiger charge is 2.25. The minimum atomic E-state index is -0.317. The maximum Gasteiger partial charge on any atom is 0.265 e. The van der Waals surface area contributed by atoms with E-state index in [1.807, 2.05) is 25.1 Å². The molecule has 4 rings (SSSR count). The number of nitrogens with zero attached hydrogens (tertiary/aromatic N) is 2. The highest BCUT2D eigenvalue weighted by Crippen LogP contribution is 2.38. The van der Waals surface area contributed by atoms with E-state index in [-0.39, 0.29) is 18.4 Å². The summed E-state index contributed by atoms with van der Waals surface area (Å²) in [7, 11) is 0. The predicted octanol–water partition coefficient (Wildman–Crippen LogP) is 4.94. The van der Waals surface area contributed by atoms with Gasteiger partial charge in [-0.3, -0.25) is 14.9 Å². The molecule has 0 saturated heterocycles. The summed E-state index contributed by atoms with van der Waals surface area (Å²) in [6.07, 6.45) is 1.68. The minimum Gasteiger partial charge on any atom is -0.482 e. The van der Waals surface area contributed by atoms with E-state index in [2.05, 4.69) is 16.9 Å². The van der Waals surface area contributed by atoms with Crippen LogP contribution in [0.25, 0.3) is 11.3 Å². The Bertz CT molecular complexity index is 1160. The highest BCUT2D eigenvalue weighted by molar-refractivity contribution is 7.16. The molecule has 8 heteroatoms. The summed E-state index contributed by atoms with van der Waals surface area (Å²) in [5.41, 5.74) is 2.62. The van der Waals surface area contributed by atoms with Crippen LogP contribution in [0.5, 0.6) is 5.75 Å². The van der Waals surface area contributed by atoms with Crippen molar-refractivity contribution in [3.63, 3.8) is 0 Å². The molecule has 1 aromatic heterocycles. The van der Waals surface area contributed by atoms with Gasteiger partial charge in [-0.2, -0.15) is 0 Å². The fraction of sp³-hybridized carbons (Fsp3) is 0.136. The zero-order valence-corrected chi connectivity index (χ0v) is 17.7. The first kappa shape index (κ1) is 20.1. The van der Waals surface area contributed by atoms with Crippen LogP contribution in [0.2, 0.25) is 5.02 Å². The van der Waals surface area contributed by atoms with Crippen molar-refractivity contribution in [3.8, 4) is 17.0 Å². The SMILES string of the molecule is C=CCN1C(=O)COc2ccc(-c3nc(NC(=O)c4ccccc4Cl)sc3C)cc21. The number of carbonyl (C=O) groups excluding carboxylic acids is 2. The van der Waals surface area contributed by atoms with Gasteiger partial charge in [0.25, 0.3) is 11.8 Å².